The van der Waals surface area contributed by atoms with Crippen molar-refractivity contribution in [1.82, 2.24) is 10.1 Å². The number of halogens is 4. The summed E-state index contributed by atoms with van der Waals surface area (Å²) in [5.41, 5.74) is -0.252. The topological polar surface area (TPSA) is 80.0 Å². The van der Waals surface area contributed by atoms with Gasteiger partial charge in [0.15, 0.2) is 5.82 Å². The number of carbonyl (C=O) groups is 1. The Kier molecular flexibility index (Phi) is 5.04. The molecule has 27 heavy (non-hydrogen) atoms. The standard InChI is InChI=1S/C17H12ClF3N4O2/c1-9-6-15(25-27-9)24-16(26)14-5-3-11(8-22-14)23-10-2-4-13(18)12(7-10)17(19,20)21/h2-8,23H,1H3,(H,24,25,26). The summed E-state index contributed by atoms with van der Waals surface area (Å²) in [5, 5.41) is 8.55. The van der Waals surface area contributed by atoms with Crippen molar-refractivity contribution in [3.05, 3.63) is 64.6 Å². The molecule has 2 N–H and O–H groups in total. The van der Waals surface area contributed by atoms with E-state index in [1.807, 2.05) is 0 Å². The molecule has 0 spiro atoms. The summed E-state index contributed by atoms with van der Waals surface area (Å²) in [4.78, 5) is 16.1. The highest BCUT2D eigenvalue weighted by molar-refractivity contribution is 6.31. The fourth-order valence-electron chi connectivity index (χ4n) is 2.19. The average molecular weight is 397 g/mol. The summed E-state index contributed by atoms with van der Waals surface area (Å²) in [6.45, 7) is 1.68. The van der Waals surface area contributed by atoms with Gasteiger partial charge in [-0.15, -0.1) is 0 Å². The number of hydrogen-bond acceptors (Lipinski definition) is 5. The van der Waals surface area contributed by atoms with E-state index in [9.17, 15) is 18.0 Å². The van der Waals surface area contributed by atoms with E-state index >= 15 is 0 Å². The van der Waals surface area contributed by atoms with Crippen LogP contribution >= 0.6 is 11.6 Å². The number of amides is 1. The van der Waals surface area contributed by atoms with Crippen molar-refractivity contribution in [2.24, 2.45) is 0 Å². The minimum atomic E-state index is -4.56. The molecule has 3 aromatic rings. The smallest absolute Gasteiger partial charge is 0.360 e. The van der Waals surface area contributed by atoms with Crippen molar-refractivity contribution in [2.75, 3.05) is 10.6 Å². The highest BCUT2D eigenvalue weighted by atomic mass is 35.5. The highest BCUT2D eigenvalue weighted by Crippen LogP contribution is 2.36. The molecule has 1 aromatic carbocycles. The molecule has 0 saturated heterocycles. The van der Waals surface area contributed by atoms with E-state index in [1.54, 1.807) is 13.0 Å². The van der Waals surface area contributed by atoms with Crippen LogP contribution in [0.1, 0.15) is 21.8 Å². The van der Waals surface area contributed by atoms with Crippen LogP contribution in [0, 0.1) is 6.92 Å². The number of anilines is 3. The molecule has 1 amide bonds. The Morgan fingerprint density at radius 1 is 1.15 bits per heavy atom. The highest BCUT2D eigenvalue weighted by Gasteiger charge is 2.33. The van der Waals surface area contributed by atoms with Gasteiger partial charge in [0.1, 0.15) is 11.5 Å². The van der Waals surface area contributed by atoms with Crippen molar-refractivity contribution >= 4 is 34.7 Å². The van der Waals surface area contributed by atoms with Gasteiger partial charge < -0.3 is 15.2 Å². The third kappa shape index (κ3) is 4.56. The first-order valence-electron chi connectivity index (χ1n) is 7.57. The van der Waals surface area contributed by atoms with Crippen molar-refractivity contribution in [3.63, 3.8) is 0 Å². The molecule has 0 bridgehead atoms. The molecule has 140 valence electrons. The van der Waals surface area contributed by atoms with Crippen LogP contribution in [0.2, 0.25) is 5.02 Å². The molecule has 2 heterocycles. The van der Waals surface area contributed by atoms with Crippen molar-refractivity contribution in [1.29, 1.82) is 0 Å². The minimum absolute atomic E-state index is 0.105. The number of benzene rings is 1. The second-order valence-corrected chi connectivity index (χ2v) is 5.93. The fraction of sp³-hybridized carbons (Fsp3) is 0.118. The van der Waals surface area contributed by atoms with Crippen LogP contribution in [0.25, 0.3) is 0 Å². The molecule has 6 nitrogen and oxygen atoms in total. The van der Waals surface area contributed by atoms with Crippen molar-refractivity contribution < 1.29 is 22.5 Å². The lowest BCUT2D eigenvalue weighted by molar-refractivity contribution is -0.137. The van der Waals surface area contributed by atoms with Gasteiger partial charge in [-0.2, -0.15) is 13.2 Å². The van der Waals surface area contributed by atoms with E-state index in [0.717, 1.165) is 12.1 Å². The molecule has 0 aliphatic heterocycles. The predicted molar refractivity (Wildman–Crippen MR) is 93.2 cm³/mol. The molecule has 0 saturated carbocycles. The third-order valence-electron chi connectivity index (χ3n) is 3.43. The molecule has 3 rings (SSSR count). The SMILES string of the molecule is Cc1cc(NC(=O)c2ccc(Nc3ccc(Cl)c(C(F)(F)F)c3)cn2)no1. The van der Waals surface area contributed by atoms with Crippen LogP contribution in [0.15, 0.2) is 47.1 Å². The van der Waals surface area contributed by atoms with Crippen LogP contribution in [0.5, 0.6) is 0 Å². The maximum Gasteiger partial charge on any atom is 0.417 e. The van der Waals surface area contributed by atoms with Gasteiger partial charge in [-0.05, 0) is 37.3 Å². The van der Waals surface area contributed by atoms with Crippen LogP contribution < -0.4 is 10.6 Å². The fourth-order valence-corrected chi connectivity index (χ4v) is 2.42. The first-order chi connectivity index (χ1) is 12.7. The lowest BCUT2D eigenvalue weighted by atomic mass is 10.2. The zero-order chi connectivity index (χ0) is 19.6. The molecule has 0 aliphatic rings. The Morgan fingerprint density at radius 3 is 2.48 bits per heavy atom. The molecular weight excluding hydrogens is 385 g/mol. The van der Waals surface area contributed by atoms with Gasteiger partial charge in [-0.3, -0.25) is 4.79 Å². The van der Waals surface area contributed by atoms with Crippen molar-refractivity contribution in [3.8, 4) is 0 Å². The van der Waals surface area contributed by atoms with E-state index in [-0.39, 0.29) is 22.2 Å². The number of hydrogen-bond donors (Lipinski definition) is 2. The second kappa shape index (κ2) is 7.28. The van der Waals surface area contributed by atoms with Gasteiger partial charge in [0, 0.05) is 11.8 Å². The Labute approximate surface area is 156 Å². The van der Waals surface area contributed by atoms with Crippen LogP contribution in [0.4, 0.5) is 30.4 Å². The van der Waals surface area contributed by atoms with Gasteiger partial charge in [-0.25, -0.2) is 4.98 Å². The normalized spacial score (nSPS) is 11.3. The zero-order valence-electron chi connectivity index (χ0n) is 13.8. The molecule has 0 fully saturated rings. The van der Waals surface area contributed by atoms with E-state index in [1.165, 1.54) is 24.4 Å². The predicted octanol–water partition coefficient (Wildman–Crippen LogP) is 5.05. The number of carbonyl (C=O) groups excluding carboxylic acids is 1. The Hall–Kier alpha value is -3.07. The van der Waals surface area contributed by atoms with Gasteiger partial charge >= 0.3 is 6.18 Å². The summed E-state index contributed by atoms with van der Waals surface area (Å²) in [7, 11) is 0. The molecular formula is C17H12ClF3N4O2. The third-order valence-corrected chi connectivity index (χ3v) is 3.76. The maximum atomic E-state index is 12.9. The number of pyridine rings is 1. The lowest BCUT2D eigenvalue weighted by Crippen LogP contribution is -2.13. The molecule has 0 atom stereocenters. The Morgan fingerprint density at radius 2 is 1.89 bits per heavy atom. The lowest BCUT2D eigenvalue weighted by Gasteiger charge is -2.12. The van der Waals surface area contributed by atoms with Gasteiger partial charge in [-0.1, -0.05) is 16.8 Å². The number of nitrogens with zero attached hydrogens (tertiary/aromatic N) is 2. The van der Waals surface area contributed by atoms with E-state index in [0.29, 0.717) is 11.4 Å². The molecule has 2 aromatic heterocycles. The van der Waals surface area contributed by atoms with Gasteiger partial charge in [0.05, 0.1) is 22.5 Å². The summed E-state index contributed by atoms with van der Waals surface area (Å²) in [6.07, 6.45) is -3.24. The van der Waals surface area contributed by atoms with Crippen molar-refractivity contribution in [2.45, 2.75) is 13.1 Å². The monoisotopic (exact) mass is 396 g/mol. The van der Waals surface area contributed by atoms with Crippen LogP contribution in [-0.2, 0) is 6.18 Å². The summed E-state index contributed by atoms with van der Waals surface area (Å²) < 4.78 is 43.6. The summed E-state index contributed by atoms with van der Waals surface area (Å²) >= 11 is 5.59. The number of aromatic nitrogens is 2. The average Bonchev–Trinajstić information content (AvgIpc) is 3.01. The van der Waals surface area contributed by atoms with E-state index in [2.05, 4.69) is 20.8 Å². The zero-order valence-corrected chi connectivity index (χ0v) is 14.5. The van der Waals surface area contributed by atoms with E-state index in [4.69, 9.17) is 16.1 Å². The van der Waals surface area contributed by atoms with Gasteiger partial charge in [0.2, 0.25) is 0 Å². The first kappa shape index (κ1) is 18.7. The first-order valence-corrected chi connectivity index (χ1v) is 7.94. The van der Waals surface area contributed by atoms with E-state index < -0.39 is 17.6 Å². The molecule has 10 heteroatoms. The summed E-state index contributed by atoms with van der Waals surface area (Å²) in [6, 6.07) is 7.94. The van der Waals surface area contributed by atoms with Crippen LogP contribution in [0.3, 0.4) is 0 Å². The van der Waals surface area contributed by atoms with Crippen LogP contribution in [-0.4, -0.2) is 16.0 Å². The molecule has 0 radical (unpaired) electrons. The Bertz CT molecular complexity index is 971. The number of aryl methyl sites for hydroxylation is 1. The minimum Gasteiger partial charge on any atom is -0.360 e. The quantitative estimate of drug-likeness (QED) is 0.645. The summed E-state index contributed by atoms with van der Waals surface area (Å²) in [5.74, 6) is 0.294. The largest absolute Gasteiger partial charge is 0.417 e. The maximum absolute atomic E-state index is 12.9. The second-order valence-electron chi connectivity index (χ2n) is 5.53. The number of alkyl halides is 3. The molecule has 0 aliphatic carbocycles. The Balaban J connectivity index is 1.71. The van der Waals surface area contributed by atoms with Gasteiger partial charge in [0.25, 0.3) is 5.91 Å². The number of rotatable bonds is 4. The number of nitrogens with one attached hydrogen (secondary N) is 2. The molecule has 0 unspecified atom stereocenters.